The maximum absolute atomic E-state index is 12.7. The van der Waals surface area contributed by atoms with Crippen LogP contribution >= 0.6 is 0 Å². The number of aromatic nitrogens is 1. The Hall–Kier alpha value is -2.01. The van der Waals surface area contributed by atoms with Gasteiger partial charge in [0.25, 0.3) is 5.91 Å². The largest absolute Gasteiger partial charge is 0.495 e. The fraction of sp³-hybridized carbons (Fsp3) is 0.400. The lowest BCUT2D eigenvalue weighted by Crippen LogP contribution is -2.40. The Kier molecular flexibility index (Phi) is 3.36. The molecule has 106 valence electrons. The number of para-hydroxylation sites is 1. The number of nitrogens with zero attached hydrogens (tertiary/aromatic N) is 1. The van der Waals surface area contributed by atoms with Gasteiger partial charge in [-0.2, -0.15) is 0 Å². The number of amides is 1. The van der Waals surface area contributed by atoms with Crippen molar-refractivity contribution in [2.24, 2.45) is 0 Å². The quantitative estimate of drug-likeness (QED) is 0.910. The summed E-state index contributed by atoms with van der Waals surface area (Å²) in [7, 11) is 1.63. The van der Waals surface area contributed by atoms with E-state index in [0.717, 1.165) is 27.9 Å². The Morgan fingerprint density at radius 3 is 2.80 bits per heavy atom. The molecule has 5 heteroatoms. The van der Waals surface area contributed by atoms with Crippen molar-refractivity contribution < 1.29 is 14.3 Å². The van der Waals surface area contributed by atoms with Gasteiger partial charge in [0.15, 0.2) is 0 Å². The average Bonchev–Trinajstić information content (AvgIpc) is 2.83. The van der Waals surface area contributed by atoms with Crippen LogP contribution < -0.4 is 4.74 Å². The SMILES string of the molecule is COc1cccc2c(C(=O)N3CCOCC3)c(C)[nH]c12. The third-order valence-corrected chi connectivity index (χ3v) is 3.72. The number of aromatic amines is 1. The molecule has 20 heavy (non-hydrogen) atoms. The Bertz CT molecular complexity index is 642. The van der Waals surface area contributed by atoms with E-state index in [1.54, 1.807) is 7.11 Å². The van der Waals surface area contributed by atoms with E-state index in [9.17, 15) is 4.79 Å². The molecule has 1 saturated heterocycles. The highest BCUT2D eigenvalue weighted by Gasteiger charge is 2.24. The van der Waals surface area contributed by atoms with Crippen LogP contribution in [0.15, 0.2) is 18.2 Å². The minimum atomic E-state index is 0.0605. The molecule has 3 rings (SSSR count). The van der Waals surface area contributed by atoms with E-state index in [0.29, 0.717) is 26.3 Å². The third kappa shape index (κ3) is 2.04. The van der Waals surface area contributed by atoms with E-state index in [2.05, 4.69) is 4.98 Å². The number of carbonyl (C=O) groups is 1. The van der Waals surface area contributed by atoms with Gasteiger partial charge in [-0.05, 0) is 13.0 Å². The van der Waals surface area contributed by atoms with Gasteiger partial charge in [0, 0.05) is 24.2 Å². The van der Waals surface area contributed by atoms with Gasteiger partial charge in [-0.1, -0.05) is 12.1 Å². The molecule has 0 aliphatic carbocycles. The zero-order valence-corrected chi connectivity index (χ0v) is 11.7. The number of benzene rings is 1. The lowest BCUT2D eigenvalue weighted by Gasteiger charge is -2.27. The molecule has 0 spiro atoms. The highest BCUT2D eigenvalue weighted by molar-refractivity contribution is 6.09. The zero-order valence-electron chi connectivity index (χ0n) is 11.7. The van der Waals surface area contributed by atoms with Crippen LogP contribution in [0.5, 0.6) is 5.75 Å². The molecule has 1 aromatic heterocycles. The molecule has 5 nitrogen and oxygen atoms in total. The molecular formula is C15H18N2O3. The van der Waals surface area contributed by atoms with Crippen LogP contribution in [0.3, 0.4) is 0 Å². The van der Waals surface area contributed by atoms with Crippen LogP contribution in [-0.4, -0.2) is 49.2 Å². The molecule has 1 fully saturated rings. The minimum absolute atomic E-state index is 0.0605. The summed E-state index contributed by atoms with van der Waals surface area (Å²) in [5.74, 6) is 0.817. The molecule has 1 aliphatic rings. The number of nitrogens with one attached hydrogen (secondary N) is 1. The van der Waals surface area contributed by atoms with Gasteiger partial charge >= 0.3 is 0 Å². The number of hydrogen-bond acceptors (Lipinski definition) is 3. The first-order valence-electron chi connectivity index (χ1n) is 6.74. The minimum Gasteiger partial charge on any atom is -0.495 e. The van der Waals surface area contributed by atoms with Crippen molar-refractivity contribution in [2.75, 3.05) is 33.4 Å². The lowest BCUT2D eigenvalue weighted by atomic mass is 10.1. The van der Waals surface area contributed by atoms with E-state index < -0.39 is 0 Å². The van der Waals surface area contributed by atoms with Crippen LogP contribution in [-0.2, 0) is 4.74 Å². The lowest BCUT2D eigenvalue weighted by molar-refractivity contribution is 0.0303. The van der Waals surface area contributed by atoms with Crippen molar-refractivity contribution in [3.05, 3.63) is 29.5 Å². The Labute approximate surface area is 117 Å². The fourth-order valence-corrected chi connectivity index (χ4v) is 2.69. The number of aryl methyl sites for hydroxylation is 1. The number of ether oxygens (including phenoxy) is 2. The third-order valence-electron chi connectivity index (χ3n) is 3.72. The summed E-state index contributed by atoms with van der Waals surface area (Å²) in [5.41, 5.74) is 2.49. The summed E-state index contributed by atoms with van der Waals surface area (Å²) in [5, 5.41) is 0.915. The number of H-pyrrole nitrogens is 1. The van der Waals surface area contributed by atoms with Gasteiger partial charge in [0.05, 0.1) is 31.4 Å². The summed E-state index contributed by atoms with van der Waals surface area (Å²) >= 11 is 0. The van der Waals surface area contributed by atoms with E-state index in [4.69, 9.17) is 9.47 Å². The van der Waals surface area contributed by atoms with Gasteiger partial charge < -0.3 is 19.4 Å². The van der Waals surface area contributed by atoms with Crippen molar-refractivity contribution in [3.63, 3.8) is 0 Å². The van der Waals surface area contributed by atoms with E-state index in [1.165, 1.54) is 0 Å². The predicted octanol–water partition coefficient (Wildman–Crippen LogP) is 1.96. The fourth-order valence-electron chi connectivity index (χ4n) is 2.69. The normalized spacial score (nSPS) is 15.6. The first kappa shape index (κ1) is 13.0. The Morgan fingerprint density at radius 2 is 2.10 bits per heavy atom. The van der Waals surface area contributed by atoms with Crippen LogP contribution in [0.4, 0.5) is 0 Å². The maximum Gasteiger partial charge on any atom is 0.256 e. The summed E-state index contributed by atoms with van der Waals surface area (Å²) in [6, 6.07) is 5.75. The van der Waals surface area contributed by atoms with Crippen LogP contribution in [0.25, 0.3) is 10.9 Å². The van der Waals surface area contributed by atoms with Crippen LogP contribution in [0.1, 0.15) is 16.1 Å². The molecule has 1 aliphatic heterocycles. The molecule has 2 heterocycles. The maximum atomic E-state index is 12.7. The number of fused-ring (bicyclic) bond motifs is 1. The number of carbonyl (C=O) groups excluding carboxylic acids is 1. The first-order chi connectivity index (χ1) is 9.72. The summed E-state index contributed by atoms with van der Waals surface area (Å²) in [6.45, 7) is 4.43. The summed E-state index contributed by atoms with van der Waals surface area (Å²) in [6.07, 6.45) is 0. The number of morpholine rings is 1. The van der Waals surface area contributed by atoms with Gasteiger partial charge in [-0.3, -0.25) is 4.79 Å². The molecule has 0 radical (unpaired) electrons. The molecule has 2 aromatic rings. The molecule has 0 unspecified atom stereocenters. The summed E-state index contributed by atoms with van der Waals surface area (Å²) < 4.78 is 10.6. The average molecular weight is 274 g/mol. The molecule has 1 N–H and O–H groups in total. The highest BCUT2D eigenvalue weighted by Crippen LogP contribution is 2.30. The number of rotatable bonds is 2. The van der Waals surface area contributed by atoms with E-state index in [-0.39, 0.29) is 5.91 Å². The molecule has 1 aromatic carbocycles. The van der Waals surface area contributed by atoms with E-state index in [1.807, 2.05) is 30.0 Å². The molecule has 0 bridgehead atoms. The number of methoxy groups -OCH3 is 1. The van der Waals surface area contributed by atoms with Crippen molar-refractivity contribution in [1.82, 2.24) is 9.88 Å². The van der Waals surface area contributed by atoms with Crippen molar-refractivity contribution in [2.45, 2.75) is 6.92 Å². The topological polar surface area (TPSA) is 54.6 Å². The molecule has 0 saturated carbocycles. The predicted molar refractivity (Wildman–Crippen MR) is 76.3 cm³/mol. The monoisotopic (exact) mass is 274 g/mol. The van der Waals surface area contributed by atoms with Gasteiger partial charge in [0.1, 0.15) is 5.75 Å². The summed E-state index contributed by atoms with van der Waals surface area (Å²) in [4.78, 5) is 17.8. The molecular weight excluding hydrogens is 256 g/mol. The first-order valence-corrected chi connectivity index (χ1v) is 6.74. The second-order valence-electron chi connectivity index (χ2n) is 4.91. The van der Waals surface area contributed by atoms with Gasteiger partial charge in [-0.15, -0.1) is 0 Å². The van der Waals surface area contributed by atoms with E-state index >= 15 is 0 Å². The Balaban J connectivity index is 2.06. The zero-order chi connectivity index (χ0) is 14.1. The number of hydrogen-bond donors (Lipinski definition) is 1. The van der Waals surface area contributed by atoms with Gasteiger partial charge in [0.2, 0.25) is 0 Å². The van der Waals surface area contributed by atoms with Crippen molar-refractivity contribution in [1.29, 1.82) is 0 Å². The second-order valence-corrected chi connectivity index (χ2v) is 4.91. The van der Waals surface area contributed by atoms with Crippen molar-refractivity contribution >= 4 is 16.8 Å². The standard InChI is InChI=1S/C15H18N2O3/c1-10-13(15(18)17-6-8-20-9-7-17)11-4-3-5-12(19-2)14(11)16-10/h3-5,16H,6-9H2,1-2H3. The highest BCUT2D eigenvalue weighted by atomic mass is 16.5. The van der Waals surface area contributed by atoms with Crippen LogP contribution in [0.2, 0.25) is 0 Å². The van der Waals surface area contributed by atoms with Crippen LogP contribution in [0, 0.1) is 6.92 Å². The smallest absolute Gasteiger partial charge is 0.256 e. The van der Waals surface area contributed by atoms with Gasteiger partial charge in [-0.25, -0.2) is 0 Å². The van der Waals surface area contributed by atoms with Crippen molar-refractivity contribution in [3.8, 4) is 5.75 Å². The molecule has 0 atom stereocenters. The Morgan fingerprint density at radius 1 is 1.35 bits per heavy atom. The molecule has 1 amide bonds. The second kappa shape index (κ2) is 5.17.